The summed E-state index contributed by atoms with van der Waals surface area (Å²) in [6.07, 6.45) is 1.60. The van der Waals surface area contributed by atoms with Crippen LogP contribution in [0.15, 0.2) is 42.6 Å². The predicted molar refractivity (Wildman–Crippen MR) is 77.7 cm³/mol. The molecule has 2 rings (SSSR count). The molecule has 5 heteroatoms. The van der Waals surface area contributed by atoms with E-state index < -0.39 is 0 Å². The molecule has 0 spiro atoms. The highest BCUT2D eigenvalue weighted by atomic mass is 16.1. The summed E-state index contributed by atoms with van der Waals surface area (Å²) in [4.78, 5) is 17.9. The lowest BCUT2D eigenvalue weighted by Gasteiger charge is -2.14. The summed E-state index contributed by atoms with van der Waals surface area (Å²) in [5.74, 6) is 0.193. The molecule has 0 bridgehead atoms. The predicted octanol–water partition coefficient (Wildman–Crippen LogP) is 2.27. The third kappa shape index (κ3) is 2.93. The van der Waals surface area contributed by atoms with E-state index in [4.69, 9.17) is 5.26 Å². The number of carbonyl (C=O) groups is 1. The molecule has 5 nitrogen and oxygen atoms in total. The van der Waals surface area contributed by atoms with Crippen LogP contribution in [0.2, 0.25) is 0 Å². The van der Waals surface area contributed by atoms with Crippen molar-refractivity contribution >= 4 is 17.4 Å². The van der Waals surface area contributed by atoms with Gasteiger partial charge in [-0.15, -0.1) is 0 Å². The Kier molecular flexibility index (Phi) is 3.96. The van der Waals surface area contributed by atoms with Crippen molar-refractivity contribution in [3.05, 3.63) is 53.7 Å². The third-order valence-electron chi connectivity index (χ3n) is 2.77. The van der Waals surface area contributed by atoms with Gasteiger partial charge in [0.15, 0.2) is 0 Å². The molecule has 0 aliphatic heterocycles. The molecule has 2 aromatic rings. The Morgan fingerprint density at radius 1 is 1.30 bits per heavy atom. The van der Waals surface area contributed by atoms with Crippen LogP contribution in [0.3, 0.4) is 0 Å². The minimum absolute atomic E-state index is 0.287. The first-order chi connectivity index (χ1) is 9.61. The average molecular weight is 266 g/mol. The van der Waals surface area contributed by atoms with Crippen LogP contribution in [0.1, 0.15) is 15.9 Å². The van der Waals surface area contributed by atoms with Gasteiger partial charge in [0.25, 0.3) is 5.91 Å². The molecule has 20 heavy (non-hydrogen) atoms. The van der Waals surface area contributed by atoms with Crippen molar-refractivity contribution in [1.82, 2.24) is 4.98 Å². The van der Waals surface area contributed by atoms with Crippen LogP contribution in [0.4, 0.5) is 11.5 Å². The number of anilines is 2. The summed E-state index contributed by atoms with van der Waals surface area (Å²) >= 11 is 0. The molecule has 0 atom stereocenters. The second-order valence-corrected chi connectivity index (χ2v) is 4.41. The highest BCUT2D eigenvalue weighted by Crippen LogP contribution is 2.19. The lowest BCUT2D eigenvalue weighted by atomic mass is 10.1. The highest BCUT2D eigenvalue weighted by molar-refractivity contribution is 6.04. The van der Waals surface area contributed by atoms with Gasteiger partial charge < -0.3 is 10.2 Å². The molecule has 1 aromatic carbocycles. The van der Waals surface area contributed by atoms with E-state index in [1.165, 1.54) is 0 Å². The van der Waals surface area contributed by atoms with Gasteiger partial charge in [0.2, 0.25) is 0 Å². The molecule has 0 aliphatic rings. The molecule has 0 unspecified atom stereocenters. The van der Waals surface area contributed by atoms with Gasteiger partial charge in [0.05, 0.1) is 11.3 Å². The summed E-state index contributed by atoms with van der Waals surface area (Å²) in [5.41, 5.74) is 1.67. The van der Waals surface area contributed by atoms with Gasteiger partial charge in [-0.2, -0.15) is 5.26 Å². The van der Waals surface area contributed by atoms with Crippen LogP contribution in [0.25, 0.3) is 0 Å². The lowest BCUT2D eigenvalue weighted by Crippen LogP contribution is -2.15. The maximum Gasteiger partial charge on any atom is 0.256 e. The van der Waals surface area contributed by atoms with E-state index in [1.807, 2.05) is 19.0 Å². The molecule has 100 valence electrons. The average Bonchev–Trinajstić information content (AvgIpc) is 2.47. The molecule has 0 saturated heterocycles. The number of hydrogen-bond acceptors (Lipinski definition) is 4. The van der Waals surface area contributed by atoms with Crippen LogP contribution in [-0.2, 0) is 0 Å². The third-order valence-corrected chi connectivity index (χ3v) is 2.77. The molecule has 0 aliphatic carbocycles. The zero-order chi connectivity index (χ0) is 14.5. The fourth-order valence-electron chi connectivity index (χ4n) is 1.78. The van der Waals surface area contributed by atoms with Crippen LogP contribution in [0.5, 0.6) is 0 Å². The van der Waals surface area contributed by atoms with Crippen LogP contribution in [0, 0.1) is 11.3 Å². The van der Waals surface area contributed by atoms with Gasteiger partial charge in [-0.3, -0.25) is 4.79 Å². The number of amides is 1. The van der Waals surface area contributed by atoms with Crippen LogP contribution in [-0.4, -0.2) is 25.0 Å². The van der Waals surface area contributed by atoms with Crippen LogP contribution >= 0.6 is 0 Å². The number of aromatic nitrogens is 1. The Morgan fingerprint density at radius 2 is 2.10 bits per heavy atom. The zero-order valence-electron chi connectivity index (χ0n) is 11.3. The van der Waals surface area contributed by atoms with E-state index in [0.29, 0.717) is 16.9 Å². The SMILES string of the molecule is CN(C)c1ccc(C(=O)Nc2ccccn2)cc1C#N. The zero-order valence-corrected chi connectivity index (χ0v) is 11.3. The summed E-state index contributed by atoms with van der Waals surface area (Å²) in [6.45, 7) is 0. The molecule has 0 radical (unpaired) electrons. The first-order valence-corrected chi connectivity index (χ1v) is 6.05. The van der Waals surface area contributed by atoms with E-state index in [2.05, 4.69) is 16.4 Å². The van der Waals surface area contributed by atoms with E-state index in [9.17, 15) is 4.79 Å². The van der Waals surface area contributed by atoms with Gasteiger partial charge in [-0.25, -0.2) is 4.98 Å². The van der Waals surface area contributed by atoms with E-state index >= 15 is 0 Å². The molecule has 1 N–H and O–H groups in total. The Balaban J connectivity index is 2.25. The first-order valence-electron chi connectivity index (χ1n) is 6.05. The van der Waals surface area contributed by atoms with Crippen molar-refractivity contribution < 1.29 is 4.79 Å². The van der Waals surface area contributed by atoms with E-state index in [1.54, 1.807) is 42.6 Å². The van der Waals surface area contributed by atoms with Crippen molar-refractivity contribution in [2.75, 3.05) is 24.3 Å². The van der Waals surface area contributed by atoms with Gasteiger partial charge in [-0.1, -0.05) is 6.07 Å². The van der Waals surface area contributed by atoms with Crippen LogP contribution < -0.4 is 10.2 Å². The number of nitrogens with zero attached hydrogens (tertiary/aromatic N) is 3. The number of hydrogen-bond donors (Lipinski definition) is 1. The number of carbonyl (C=O) groups excluding carboxylic acids is 1. The lowest BCUT2D eigenvalue weighted by molar-refractivity contribution is 0.102. The molecule has 1 heterocycles. The van der Waals surface area contributed by atoms with Gasteiger partial charge in [0.1, 0.15) is 11.9 Å². The standard InChI is InChI=1S/C15H14N4O/c1-19(2)13-7-6-11(9-12(13)10-16)15(20)18-14-5-3-4-8-17-14/h3-9H,1-2H3,(H,17,18,20). The number of benzene rings is 1. The number of pyridine rings is 1. The normalized spacial score (nSPS) is 9.65. The Morgan fingerprint density at radius 3 is 2.70 bits per heavy atom. The topological polar surface area (TPSA) is 69.0 Å². The maximum absolute atomic E-state index is 12.1. The first kappa shape index (κ1) is 13.6. The molecule has 0 fully saturated rings. The molecular weight excluding hydrogens is 252 g/mol. The second-order valence-electron chi connectivity index (χ2n) is 4.41. The number of rotatable bonds is 3. The smallest absolute Gasteiger partial charge is 0.256 e. The highest BCUT2D eigenvalue weighted by Gasteiger charge is 2.11. The van der Waals surface area contributed by atoms with Crippen molar-refractivity contribution in [2.45, 2.75) is 0 Å². The summed E-state index contributed by atoms with van der Waals surface area (Å²) in [6, 6.07) is 12.4. The number of nitriles is 1. The largest absolute Gasteiger partial charge is 0.377 e. The van der Waals surface area contributed by atoms with Crippen molar-refractivity contribution in [3.8, 4) is 6.07 Å². The fourth-order valence-corrected chi connectivity index (χ4v) is 1.78. The summed E-state index contributed by atoms with van der Waals surface area (Å²) in [5, 5.41) is 11.8. The van der Waals surface area contributed by atoms with Crippen molar-refractivity contribution in [1.29, 1.82) is 5.26 Å². The monoisotopic (exact) mass is 266 g/mol. The fraction of sp³-hybridized carbons (Fsp3) is 0.133. The second kappa shape index (κ2) is 5.85. The number of nitrogens with one attached hydrogen (secondary N) is 1. The maximum atomic E-state index is 12.1. The van der Waals surface area contributed by atoms with Gasteiger partial charge in [-0.05, 0) is 30.3 Å². The van der Waals surface area contributed by atoms with Crippen molar-refractivity contribution in [2.24, 2.45) is 0 Å². The summed E-state index contributed by atoms with van der Waals surface area (Å²) < 4.78 is 0. The Labute approximate surface area is 117 Å². The minimum atomic E-state index is -0.287. The minimum Gasteiger partial charge on any atom is -0.377 e. The van der Waals surface area contributed by atoms with E-state index in [0.717, 1.165) is 5.69 Å². The Bertz CT molecular complexity index is 659. The van der Waals surface area contributed by atoms with Crippen molar-refractivity contribution in [3.63, 3.8) is 0 Å². The molecule has 1 amide bonds. The molecule has 0 saturated carbocycles. The molecule has 1 aromatic heterocycles. The van der Waals surface area contributed by atoms with E-state index in [-0.39, 0.29) is 5.91 Å². The quantitative estimate of drug-likeness (QED) is 0.925. The Hall–Kier alpha value is -2.87. The molecular formula is C15H14N4O. The van der Waals surface area contributed by atoms with Gasteiger partial charge >= 0.3 is 0 Å². The summed E-state index contributed by atoms with van der Waals surface area (Å²) in [7, 11) is 3.70. The van der Waals surface area contributed by atoms with Gasteiger partial charge in [0, 0.05) is 25.9 Å².